The summed E-state index contributed by atoms with van der Waals surface area (Å²) in [5.41, 5.74) is -1.14. The summed E-state index contributed by atoms with van der Waals surface area (Å²) in [6, 6.07) is 3.83. The maximum Gasteiger partial charge on any atom is 0.397 e. The van der Waals surface area contributed by atoms with Crippen LogP contribution < -0.4 is 10.2 Å². The highest BCUT2D eigenvalue weighted by atomic mass is 32.2. The number of hydrogen-bond acceptors (Lipinski definition) is 7. The van der Waals surface area contributed by atoms with Crippen molar-refractivity contribution in [2.45, 2.75) is 69.0 Å². The predicted molar refractivity (Wildman–Crippen MR) is 133 cm³/mol. The normalized spacial score (nSPS) is 16.2. The van der Waals surface area contributed by atoms with Gasteiger partial charge in [-0.05, 0) is 59.6 Å². The van der Waals surface area contributed by atoms with E-state index in [0.29, 0.717) is 5.82 Å². The quantitative estimate of drug-likeness (QED) is 0.327. The van der Waals surface area contributed by atoms with Crippen LogP contribution in [0.4, 0.5) is 24.8 Å². The van der Waals surface area contributed by atoms with E-state index in [0.717, 1.165) is 54.5 Å². The molecule has 0 spiro atoms. The van der Waals surface area contributed by atoms with Gasteiger partial charge in [0.15, 0.2) is 0 Å². The SMILES string of the molecule is Cc1nn(C)cc1Sc1ccc(N/C=C\C(=N)OCC(C)(C)C(F)(F)F)nc1N1CCCC1(C)C. The summed E-state index contributed by atoms with van der Waals surface area (Å²) >= 11 is 1.62. The number of aromatic nitrogens is 3. The van der Waals surface area contributed by atoms with Crippen LogP contribution in [0.2, 0.25) is 0 Å². The number of nitrogens with zero attached hydrogens (tertiary/aromatic N) is 4. The van der Waals surface area contributed by atoms with E-state index in [1.54, 1.807) is 16.4 Å². The Kier molecular flexibility index (Phi) is 7.78. The van der Waals surface area contributed by atoms with Crippen LogP contribution in [-0.4, -0.2) is 45.5 Å². The van der Waals surface area contributed by atoms with Crippen LogP contribution in [0, 0.1) is 17.7 Å². The second-order valence-electron chi connectivity index (χ2n) is 9.95. The van der Waals surface area contributed by atoms with Gasteiger partial charge in [0, 0.05) is 37.6 Å². The first-order valence-electron chi connectivity index (χ1n) is 11.4. The zero-order valence-corrected chi connectivity index (χ0v) is 21.8. The average Bonchev–Trinajstić information content (AvgIpc) is 3.26. The van der Waals surface area contributed by atoms with Gasteiger partial charge in [-0.2, -0.15) is 18.3 Å². The largest absolute Gasteiger partial charge is 0.477 e. The Balaban J connectivity index is 1.75. The highest BCUT2D eigenvalue weighted by Crippen LogP contribution is 2.41. The Labute approximate surface area is 208 Å². The number of hydrogen-bond donors (Lipinski definition) is 2. The molecule has 0 aromatic carbocycles. The Hall–Kier alpha value is -2.69. The molecule has 11 heteroatoms. The van der Waals surface area contributed by atoms with Crippen molar-refractivity contribution in [2.75, 3.05) is 23.4 Å². The van der Waals surface area contributed by atoms with E-state index in [1.165, 1.54) is 12.3 Å². The molecule has 0 aliphatic carbocycles. The van der Waals surface area contributed by atoms with Gasteiger partial charge < -0.3 is 15.0 Å². The molecule has 1 aliphatic heterocycles. The predicted octanol–water partition coefficient (Wildman–Crippen LogP) is 6.16. The van der Waals surface area contributed by atoms with Crippen molar-refractivity contribution in [3.05, 3.63) is 36.3 Å². The van der Waals surface area contributed by atoms with E-state index < -0.39 is 18.2 Å². The first-order valence-corrected chi connectivity index (χ1v) is 12.2. The van der Waals surface area contributed by atoms with Gasteiger partial charge in [0.05, 0.1) is 20.9 Å². The lowest BCUT2D eigenvalue weighted by Gasteiger charge is -2.34. The molecule has 0 unspecified atom stereocenters. The highest BCUT2D eigenvalue weighted by molar-refractivity contribution is 7.99. The van der Waals surface area contributed by atoms with E-state index in [2.05, 4.69) is 29.2 Å². The molecule has 3 rings (SSSR count). The van der Waals surface area contributed by atoms with E-state index >= 15 is 0 Å². The first-order chi connectivity index (χ1) is 16.2. The standard InChI is InChI=1S/C24H33F3N6OS/c1-16-18(14-32(6)31-16)35-17-8-9-20(30-21(17)33-13-7-11-23(33,4)5)29-12-10-19(28)34-15-22(2,3)24(25,26)27/h8-10,12,14,28H,7,11,13,15H2,1-6H3,(H,29,30)/b12-10-,28-19?. The van der Waals surface area contributed by atoms with Gasteiger partial charge in [0.1, 0.15) is 18.2 Å². The molecule has 0 atom stereocenters. The van der Waals surface area contributed by atoms with Crippen molar-refractivity contribution in [3.8, 4) is 0 Å². The van der Waals surface area contributed by atoms with Gasteiger partial charge in [0.2, 0.25) is 5.90 Å². The highest BCUT2D eigenvalue weighted by Gasteiger charge is 2.48. The molecule has 192 valence electrons. The van der Waals surface area contributed by atoms with Crippen LogP contribution in [0.3, 0.4) is 0 Å². The van der Waals surface area contributed by atoms with E-state index in [9.17, 15) is 13.2 Å². The third kappa shape index (κ3) is 6.50. The molecule has 3 heterocycles. The molecular weight excluding hydrogens is 477 g/mol. The van der Waals surface area contributed by atoms with Crippen molar-refractivity contribution in [3.63, 3.8) is 0 Å². The number of ether oxygens (including phenoxy) is 1. The monoisotopic (exact) mass is 510 g/mol. The zero-order chi connectivity index (χ0) is 26.0. The van der Waals surface area contributed by atoms with Crippen LogP contribution in [0.25, 0.3) is 0 Å². The molecule has 1 aliphatic rings. The van der Waals surface area contributed by atoms with Crippen LogP contribution in [0.15, 0.2) is 40.4 Å². The molecule has 0 bridgehead atoms. The molecular formula is C24H33F3N6OS. The summed E-state index contributed by atoms with van der Waals surface area (Å²) in [6.45, 7) is 8.72. The maximum absolute atomic E-state index is 13.0. The fourth-order valence-corrected chi connectivity index (χ4v) is 4.69. The summed E-state index contributed by atoms with van der Waals surface area (Å²) < 4.78 is 45.7. The zero-order valence-electron chi connectivity index (χ0n) is 21.0. The number of rotatable bonds is 8. The minimum atomic E-state index is -4.41. The first kappa shape index (κ1) is 26.9. The summed E-state index contributed by atoms with van der Waals surface area (Å²) in [6.07, 6.45) is 2.43. The Bertz CT molecular complexity index is 1090. The lowest BCUT2D eigenvalue weighted by atomic mass is 9.94. The molecule has 2 aromatic heterocycles. The second kappa shape index (κ2) is 10.1. The van der Waals surface area contributed by atoms with Gasteiger partial charge in [-0.3, -0.25) is 10.1 Å². The molecule has 0 saturated carbocycles. The summed E-state index contributed by atoms with van der Waals surface area (Å²) in [7, 11) is 1.89. The molecule has 7 nitrogen and oxygen atoms in total. The number of anilines is 2. The van der Waals surface area contributed by atoms with Gasteiger partial charge in [0.25, 0.3) is 0 Å². The third-order valence-electron chi connectivity index (χ3n) is 6.01. The van der Waals surface area contributed by atoms with Gasteiger partial charge in [-0.1, -0.05) is 11.8 Å². The van der Waals surface area contributed by atoms with Crippen LogP contribution in [-0.2, 0) is 11.8 Å². The van der Waals surface area contributed by atoms with Crippen molar-refractivity contribution >= 4 is 29.3 Å². The molecule has 2 N–H and O–H groups in total. The fourth-order valence-electron chi connectivity index (χ4n) is 3.68. The molecule has 35 heavy (non-hydrogen) atoms. The van der Waals surface area contributed by atoms with E-state index in [1.807, 2.05) is 32.3 Å². The lowest BCUT2D eigenvalue weighted by Crippen LogP contribution is -2.39. The Morgan fingerprint density at radius 3 is 2.57 bits per heavy atom. The molecule has 0 radical (unpaired) electrons. The Morgan fingerprint density at radius 2 is 2.00 bits per heavy atom. The number of alkyl halides is 3. The fraction of sp³-hybridized carbons (Fsp3) is 0.542. The second-order valence-corrected chi connectivity index (χ2v) is 11.0. The average molecular weight is 511 g/mol. The minimum absolute atomic E-state index is 0.0397. The van der Waals surface area contributed by atoms with Crippen molar-refractivity contribution in [1.29, 1.82) is 5.41 Å². The molecule has 1 saturated heterocycles. The summed E-state index contributed by atoms with van der Waals surface area (Å²) in [5.74, 6) is 1.06. The summed E-state index contributed by atoms with van der Waals surface area (Å²) in [5, 5.41) is 15.2. The minimum Gasteiger partial charge on any atom is -0.477 e. The van der Waals surface area contributed by atoms with Crippen LogP contribution in [0.1, 0.15) is 46.2 Å². The molecule has 2 aromatic rings. The lowest BCUT2D eigenvalue weighted by molar-refractivity contribution is -0.220. The van der Waals surface area contributed by atoms with Crippen LogP contribution in [0.5, 0.6) is 0 Å². The third-order valence-corrected chi connectivity index (χ3v) is 7.17. The van der Waals surface area contributed by atoms with Gasteiger partial charge in [-0.25, -0.2) is 4.98 Å². The number of pyridine rings is 1. The van der Waals surface area contributed by atoms with Crippen molar-refractivity contribution in [2.24, 2.45) is 12.5 Å². The van der Waals surface area contributed by atoms with E-state index in [4.69, 9.17) is 15.1 Å². The topological polar surface area (TPSA) is 79.1 Å². The van der Waals surface area contributed by atoms with Gasteiger partial charge in [-0.15, -0.1) is 0 Å². The van der Waals surface area contributed by atoms with E-state index in [-0.39, 0.29) is 11.4 Å². The molecule has 1 fully saturated rings. The summed E-state index contributed by atoms with van der Waals surface area (Å²) in [4.78, 5) is 9.22. The van der Waals surface area contributed by atoms with Crippen molar-refractivity contribution < 1.29 is 17.9 Å². The Morgan fingerprint density at radius 1 is 1.29 bits per heavy atom. The molecule has 0 amide bonds. The smallest absolute Gasteiger partial charge is 0.397 e. The number of nitrogens with one attached hydrogen (secondary N) is 2. The maximum atomic E-state index is 13.0. The number of aryl methyl sites for hydroxylation is 2. The van der Waals surface area contributed by atoms with Crippen molar-refractivity contribution in [1.82, 2.24) is 14.8 Å². The number of halogens is 3. The van der Waals surface area contributed by atoms with Gasteiger partial charge >= 0.3 is 6.18 Å². The van der Waals surface area contributed by atoms with Crippen LogP contribution >= 0.6 is 11.8 Å².